The fourth-order valence-electron chi connectivity index (χ4n) is 1.64. The van der Waals surface area contributed by atoms with Crippen molar-refractivity contribution < 1.29 is 24.2 Å². The Bertz CT molecular complexity index is 530. The molecule has 21 heavy (non-hydrogen) atoms. The minimum Gasteiger partial charge on any atom is -0.480 e. The van der Waals surface area contributed by atoms with Gasteiger partial charge in [-0.3, -0.25) is 9.59 Å². The van der Waals surface area contributed by atoms with Crippen LogP contribution in [0.2, 0.25) is 0 Å². The van der Waals surface area contributed by atoms with E-state index in [1.54, 1.807) is 18.2 Å². The number of amides is 2. The minimum absolute atomic E-state index is 0.146. The molecule has 114 valence electrons. The van der Waals surface area contributed by atoms with Crippen LogP contribution in [0.25, 0.3) is 0 Å². The van der Waals surface area contributed by atoms with Crippen molar-refractivity contribution >= 4 is 17.8 Å². The molecule has 3 N–H and O–H groups in total. The summed E-state index contributed by atoms with van der Waals surface area (Å²) in [4.78, 5) is 34.2. The van der Waals surface area contributed by atoms with Gasteiger partial charge in [0.1, 0.15) is 0 Å². The first-order chi connectivity index (χ1) is 9.93. The second-order valence-corrected chi connectivity index (χ2v) is 4.47. The summed E-state index contributed by atoms with van der Waals surface area (Å²) >= 11 is 0. The fraction of sp³-hybridized carbons (Fsp3) is 0.357. The summed E-state index contributed by atoms with van der Waals surface area (Å²) in [6.45, 7) is 1.40. The third-order valence-electron chi connectivity index (χ3n) is 2.66. The first-order valence-electron chi connectivity index (χ1n) is 6.30. The third-order valence-corrected chi connectivity index (χ3v) is 2.66. The number of carboxylic acid groups (broad SMARTS) is 1. The molecule has 0 saturated heterocycles. The maximum atomic E-state index is 11.8. The number of ether oxygens (including phenoxy) is 1. The molecule has 1 rings (SSSR count). The van der Waals surface area contributed by atoms with Gasteiger partial charge in [0.05, 0.1) is 13.2 Å². The Labute approximate surface area is 122 Å². The molecule has 7 heteroatoms. The number of carboxylic acids is 1. The van der Waals surface area contributed by atoms with Crippen molar-refractivity contribution in [2.45, 2.75) is 13.0 Å². The van der Waals surface area contributed by atoms with E-state index < -0.39 is 23.8 Å². The lowest BCUT2D eigenvalue weighted by Gasteiger charge is -2.13. The van der Waals surface area contributed by atoms with Gasteiger partial charge in [-0.2, -0.15) is 0 Å². The van der Waals surface area contributed by atoms with E-state index in [9.17, 15) is 14.4 Å². The van der Waals surface area contributed by atoms with Crippen LogP contribution in [0.5, 0.6) is 0 Å². The average Bonchev–Trinajstić information content (AvgIpc) is 2.44. The zero-order valence-corrected chi connectivity index (χ0v) is 11.9. The molecule has 0 aliphatic carbocycles. The lowest BCUT2D eigenvalue weighted by Crippen LogP contribution is -2.47. The summed E-state index contributed by atoms with van der Waals surface area (Å²) in [5.74, 6) is -2.19. The number of aryl methyl sites for hydroxylation is 1. The molecule has 1 aromatic carbocycles. The molecule has 0 aromatic heterocycles. The Kier molecular flexibility index (Phi) is 6.35. The van der Waals surface area contributed by atoms with Gasteiger partial charge in [0, 0.05) is 12.7 Å². The van der Waals surface area contributed by atoms with E-state index in [0.29, 0.717) is 5.56 Å². The van der Waals surface area contributed by atoms with E-state index in [1.165, 1.54) is 7.11 Å². The van der Waals surface area contributed by atoms with Crippen molar-refractivity contribution in [3.8, 4) is 0 Å². The standard InChI is InChI=1S/C14H18N2O5/c1-9-4-3-5-10(6-9)13(18)15-7-12(17)16-11(8-21-2)14(19)20/h3-6,11H,7-8H2,1-2H3,(H,15,18)(H,16,17)(H,19,20). The first-order valence-corrected chi connectivity index (χ1v) is 6.30. The zero-order chi connectivity index (χ0) is 15.8. The van der Waals surface area contributed by atoms with Gasteiger partial charge in [-0.15, -0.1) is 0 Å². The van der Waals surface area contributed by atoms with Gasteiger partial charge in [-0.1, -0.05) is 17.7 Å². The van der Waals surface area contributed by atoms with Gasteiger partial charge in [-0.05, 0) is 19.1 Å². The molecule has 1 atom stereocenters. The van der Waals surface area contributed by atoms with Crippen LogP contribution in [-0.2, 0) is 14.3 Å². The third kappa shape index (κ3) is 5.62. The molecule has 1 aromatic rings. The number of carbonyl (C=O) groups excluding carboxylic acids is 2. The molecule has 0 heterocycles. The second kappa shape index (κ2) is 8.01. The molecule has 0 bridgehead atoms. The van der Waals surface area contributed by atoms with Crippen LogP contribution in [0, 0.1) is 6.92 Å². The van der Waals surface area contributed by atoms with Crippen molar-refractivity contribution in [3.63, 3.8) is 0 Å². The Morgan fingerprint density at radius 1 is 1.33 bits per heavy atom. The normalized spacial score (nSPS) is 11.5. The zero-order valence-electron chi connectivity index (χ0n) is 11.9. The molecule has 7 nitrogen and oxygen atoms in total. The number of methoxy groups -OCH3 is 1. The molecule has 1 unspecified atom stereocenters. The predicted octanol–water partition coefficient (Wildman–Crippen LogP) is -0.0594. The molecule has 0 fully saturated rings. The van der Waals surface area contributed by atoms with Gasteiger partial charge < -0.3 is 20.5 Å². The summed E-state index contributed by atoms with van der Waals surface area (Å²) in [7, 11) is 1.33. The molecule has 0 spiro atoms. The van der Waals surface area contributed by atoms with E-state index in [-0.39, 0.29) is 13.2 Å². The highest BCUT2D eigenvalue weighted by molar-refractivity contribution is 5.97. The van der Waals surface area contributed by atoms with Crippen molar-refractivity contribution in [2.24, 2.45) is 0 Å². The number of hydrogen-bond acceptors (Lipinski definition) is 4. The molecule has 0 saturated carbocycles. The maximum Gasteiger partial charge on any atom is 0.328 e. The first kappa shape index (κ1) is 16.6. The minimum atomic E-state index is -1.20. The van der Waals surface area contributed by atoms with Crippen LogP contribution in [0.4, 0.5) is 0 Å². The smallest absolute Gasteiger partial charge is 0.328 e. The van der Waals surface area contributed by atoms with Crippen molar-refractivity contribution in [3.05, 3.63) is 35.4 Å². The number of nitrogens with one attached hydrogen (secondary N) is 2. The highest BCUT2D eigenvalue weighted by Gasteiger charge is 2.19. The van der Waals surface area contributed by atoms with Crippen molar-refractivity contribution in [1.82, 2.24) is 10.6 Å². The predicted molar refractivity (Wildman–Crippen MR) is 75.0 cm³/mol. The molecular weight excluding hydrogens is 276 g/mol. The Hall–Kier alpha value is -2.41. The number of rotatable bonds is 7. The van der Waals surface area contributed by atoms with Crippen LogP contribution in [0.3, 0.4) is 0 Å². The number of aliphatic carboxylic acids is 1. The Balaban J connectivity index is 2.49. The maximum absolute atomic E-state index is 11.8. The average molecular weight is 294 g/mol. The summed E-state index contributed by atoms with van der Waals surface area (Å²) in [6, 6.07) is 5.77. The monoisotopic (exact) mass is 294 g/mol. The van der Waals surface area contributed by atoms with E-state index >= 15 is 0 Å². The van der Waals surface area contributed by atoms with Gasteiger partial charge in [0.15, 0.2) is 6.04 Å². The second-order valence-electron chi connectivity index (χ2n) is 4.47. The van der Waals surface area contributed by atoms with Crippen LogP contribution in [0.1, 0.15) is 15.9 Å². The highest BCUT2D eigenvalue weighted by atomic mass is 16.5. The number of hydrogen-bond donors (Lipinski definition) is 3. The quantitative estimate of drug-likeness (QED) is 0.653. The molecule has 0 aliphatic rings. The number of benzene rings is 1. The van der Waals surface area contributed by atoms with Gasteiger partial charge in [0.25, 0.3) is 5.91 Å². The van der Waals surface area contributed by atoms with E-state index in [4.69, 9.17) is 9.84 Å². The van der Waals surface area contributed by atoms with E-state index in [0.717, 1.165) is 5.56 Å². The van der Waals surface area contributed by atoms with Crippen LogP contribution < -0.4 is 10.6 Å². The van der Waals surface area contributed by atoms with Gasteiger partial charge >= 0.3 is 5.97 Å². The Morgan fingerprint density at radius 2 is 2.05 bits per heavy atom. The largest absolute Gasteiger partial charge is 0.480 e. The van der Waals surface area contributed by atoms with E-state index in [1.807, 2.05) is 13.0 Å². The summed E-state index contributed by atoms with van der Waals surface area (Å²) < 4.78 is 4.69. The molecular formula is C14H18N2O5. The van der Waals surface area contributed by atoms with Crippen molar-refractivity contribution in [2.75, 3.05) is 20.3 Å². The molecule has 0 aliphatic heterocycles. The van der Waals surface area contributed by atoms with Crippen molar-refractivity contribution in [1.29, 1.82) is 0 Å². The SMILES string of the molecule is COCC(NC(=O)CNC(=O)c1cccc(C)c1)C(=O)O. The lowest BCUT2D eigenvalue weighted by molar-refractivity contribution is -0.143. The molecule has 0 radical (unpaired) electrons. The molecule has 2 amide bonds. The summed E-state index contributed by atoms with van der Waals surface area (Å²) in [5.41, 5.74) is 1.37. The summed E-state index contributed by atoms with van der Waals surface area (Å²) in [5, 5.41) is 13.5. The fourth-order valence-corrected chi connectivity index (χ4v) is 1.64. The van der Waals surface area contributed by atoms with Gasteiger partial charge in [-0.25, -0.2) is 4.79 Å². The van der Waals surface area contributed by atoms with E-state index in [2.05, 4.69) is 10.6 Å². The summed E-state index contributed by atoms with van der Waals surface area (Å²) in [6.07, 6.45) is 0. The van der Waals surface area contributed by atoms with Crippen LogP contribution in [-0.4, -0.2) is 49.2 Å². The Morgan fingerprint density at radius 3 is 2.62 bits per heavy atom. The topological polar surface area (TPSA) is 105 Å². The van der Waals surface area contributed by atoms with Gasteiger partial charge in [0.2, 0.25) is 5.91 Å². The number of carbonyl (C=O) groups is 3. The van der Waals surface area contributed by atoms with Crippen LogP contribution in [0.15, 0.2) is 24.3 Å². The van der Waals surface area contributed by atoms with Crippen LogP contribution >= 0.6 is 0 Å². The highest BCUT2D eigenvalue weighted by Crippen LogP contribution is 2.03. The lowest BCUT2D eigenvalue weighted by atomic mass is 10.1.